The molecule has 0 aliphatic heterocycles. The number of carboxylic acids is 1. The topological polar surface area (TPSA) is 57.5 Å². The zero-order chi connectivity index (χ0) is 12.3. The Balaban J connectivity index is 3.03. The van der Waals surface area contributed by atoms with E-state index in [1.807, 2.05) is 0 Å². The Hall–Kier alpha value is -1.13. The van der Waals surface area contributed by atoms with Crippen molar-refractivity contribution >= 4 is 17.6 Å². The van der Waals surface area contributed by atoms with Gasteiger partial charge in [-0.25, -0.2) is 4.39 Å². The SMILES string of the molecule is CCC(C(=O)O)C(O)c1ccc(Cl)cc1F. The number of aliphatic carboxylic acids is 1. The van der Waals surface area contributed by atoms with Gasteiger partial charge in [0, 0.05) is 10.6 Å². The minimum absolute atomic E-state index is 0.0429. The summed E-state index contributed by atoms with van der Waals surface area (Å²) in [6, 6.07) is 3.76. The molecule has 2 N–H and O–H groups in total. The van der Waals surface area contributed by atoms with Crippen molar-refractivity contribution in [3.8, 4) is 0 Å². The standard InChI is InChI=1S/C11H12ClFO3/c1-2-7(11(15)16)10(14)8-4-3-6(12)5-9(8)13/h3-5,7,10,14H,2H2,1H3,(H,15,16). The van der Waals surface area contributed by atoms with Crippen molar-refractivity contribution in [2.75, 3.05) is 0 Å². The molecule has 0 aliphatic carbocycles. The molecular formula is C11H12ClFO3. The highest BCUT2D eigenvalue weighted by molar-refractivity contribution is 6.30. The summed E-state index contributed by atoms with van der Waals surface area (Å²) in [5, 5.41) is 18.8. The van der Waals surface area contributed by atoms with Gasteiger partial charge in [0.1, 0.15) is 5.82 Å². The van der Waals surface area contributed by atoms with E-state index in [-0.39, 0.29) is 17.0 Å². The Morgan fingerprint density at radius 1 is 1.56 bits per heavy atom. The minimum Gasteiger partial charge on any atom is -0.481 e. The molecule has 1 aromatic carbocycles. The summed E-state index contributed by atoms with van der Waals surface area (Å²) in [4.78, 5) is 10.8. The molecule has 0 heterocycles. The lowest BCUT2D eigenvalue weighted by molar-refractivity contribution is -0.146. The first-order valence-electron chi connectivity index (χ1n) is 4.83. The molecule has 88 valence electrons. The van der Waals surface area contributed by atoms with Gasteiger partial charge in [-0.05, 0) is 18.6 Å². The molecular weight excluding hydrogens is 235 g/mol. The highest BCUT2D eigenvalue weighted by Crippen LogP contribution is 2.28. The maximum Gasteiger partial charge on any atom is 0.309 e. The van der Waals surface area contributed by atoms with Crippen molar-refractivity contribution in [2.45, 2.75) is 19.4 Å². The van der Waals surface area contributed by atoms with Crippen LogP contribution in [0.4, 0.5) is 4.39 Å². The number of hydrogen-bond acceptors (Lipinski definition) is 2. The number of hydrogen-bond donors (Lipinski definition) is 2. The van der Waals surface area contributed by atoms with Gasteiger partial charge in [-0.3, -0.25) is 4.79 Å². The summed E-state index contributed by atoms with van der Waals surface area (Å²) in [7, 11) is 0. The average molecular weight is 247 g/mol. The smallest absolute Gasteiger partial charge is 0.309 e. The van der Waals surface area contributed by atoms with E-state index in [4.69, 9.17) is 16.7 Å². The molecule has 2 unspecified atom stereocenters. The molecule has 0 saturated heterocycles. The number of aliphatic hydroxyl groups is 1. The Labute approximate surface area is 97.5 Å². The lowest BCUT2D eigenvalue weighted by Gasteiger charge is -2.18. The molecule has 3 nitrogen and oxygen atoms in total. The molecule has 1 rings (SSSR count). The van der Waals surface area contributed by atoms with Crippen LogP contribution >= 0.6 is 11.6 Å². The summed E-state index contributed by atoms with van der Waals surface area (Å²) in [6.45, 7) is 1.62. The predicted octanol–water partition coefficient (Wildman–Crippen LogP) is 2.62. The minimum atomic E-state index is -1.36. The van der Waals surface area contributed by atoms with E-state index in [0.29, 0.717) is 0 Å². The molecule has 16 heavy (non-hydrogen) atoms. The van der Waals surface area contributed by atoms with Crippen molar-refractivity contribution in [3.05, 3.63) is 34.6 Å². The van der Waals surface area contributed by atoms with E-state index in [2.05, 4.69) is 0 Å². The molecule has 0 fully saturated rings. The zero-order valence-electron chi connectivity index (χ0n) is 8.65. The third-order valence-corrected chi connectivity index (χ3v) is 2.65. The normalized spacial score (nSPS) is 14.5. The lowest BCUT2D eigenvalue weighted by atomic mass is 9.93. The maximum atomic E-state index is 13.4. The first kappa shape index (κ1) is 12.9. The lowest BCUT2D eigenvalue weighted by Crippen LogP contribution is -2.22. The molecule has 0 aromatic heterocycles. The van der Waals surface area contributed by atoms with Crippen LogP contribution in [0.3, 0.4) is 0 Å². The van der Waals surface area contributed by atoms with Crippen LogP contribution < -0.4 is 0 Å². The molecule has 0 amide bonds. The van der Waals surface area contributed by atoms with Gasteiger partial charge in [-0.15, -0.1) is 0 Å². The largest absolute Gasteiger partial charge is 0.481 e. The van der Waals surface area contributed by atoms with E-state index in [0.717, 1.165) is 6.07 Å². The molecule has 5 heteroatoms. The van der Waals surface area contributed by atoms with Crippen molar-refractivity contribution in [1.29, 1.82) is 0 Å². The van der Waals surface area contributed by atoms with Crippen LogP contribution in [-0.4, -0.2) is 16.2 Å². The van der Waals surface area contributed by atoms with Crippen LogP contribution in [0, 0.1) is 11.7 Å². The van der Waals surface area contributed by atoms with Crippen LogP contribution in [-0.2, 0) is 4.79 Å². The second kappa shape index (κ2) is 5.27. The van der Waals surface area contributed by atoms with Gasteiger partial charge in [0.15, 0.2) is 0 Å². The Kier molecular flexibility index (Phi) is 4.26. The van der Waals surface area contributed by atoms with Crippen LogP contribution in [0.5, 0.6) is 0 Å². The van der Waals surface area contributed by atoms with E-state index in [1.165, 1.54) is 12.1 Å². The second-order valence-electron chi connectivity index (χ2n) is 3.46. The van der Waals surface area contributed by atoms with Crippen molar-refractivity contribution in [3.63, 3.8) is 0 Å². The third kappa shape index (κ3) is 2.71. The van der Waals surface area contributed by atoms with Crippen LogP contribution in [0.2, 0.25) is 5.02 Å². The molecule has 0 saturated carbocycles. The van der Waals surface area contributed by atoms with E-state index in [9.17, 15) is 14.3 Å². The summed E-state index contributed by atoms with van der Waals surface area (Å²) in [5.41, 5.74) is -0.0429. The van der Waals surface area contributed by atoms with Gasteiger partial charge in [-0.1, -0.05) is 24.6 Å². The second-order valence-corrected chi connectivity index (χ2v) is 3.90. The van der Waals surface area contributed by atoms with Crippen molar-refractivity contribution in [1.82, 2.24) is 0 Å². The number of carboxylic acid groups (broad SMARTS) is 1. The predicted molar refractivity (Wildman–Crippen MR) is 57.8 cm³/mol. The Morgan fingerprint density at radius 3 is 2.62 bits per heavy atom. The fraction of sp³-hybridized carbons (Fsp3) is 0.364. The highest BCUT2D eigenvalue weighted by Gasteiger charge is 2.27. The molecule has 0 bridgehead atoms. The van der Waals surface area contributed by atoms with Gasteiger partial charge in [0.2, 0.25) is 0 Å². The van der Waals surface area contributed by atoms with E-state index < -0.39 is 23.8 Å². The monoisotopic (exact) mass is 246 g/mol. The third-order valence-electron chi connectivity index (χ3n) is 2.42. The zero-order valence-corrected chi connectivity index (χ0v) is 9.41. The molecule has 1 aromatic rings. The average Bonchev–Trinajstić information content (AvgIpc) is 2.17. The number of aliphatic hydroxyl groups excluding tert-OH is 1. The number of benzene rings is 1. The summed E-state index contributed by atoms with van der Waals surface area (Å²) in [5.74, 6) is -2.86. The number of carbonyl (C=O) groups is 1. The fourth-order valence-electron chi connectivity index (χ4n) is 1.49. The van der Waals surface area contributed by atoms with Crippen LogP contribution in [0.1, 0.15) is 25.0 Å². The fourth-order valence-corrected chi connectivity index (χ4v) is 1.65. The summed E-state index contributed by atoms with van der Waals surface area (Å²) in [6.07, 6.45) is -1.14. The van der Waals surface area contributed by atoms with Crippen molar-refractivity contribution < 1.29 is 19.4 Å². The number of rotatable bonds is 4. The maximum absolute atomic E-state index is 13.4. The quantitative estimate of drug-likeness (QED) is 0.859. The molecule has 0 aliphatic rings. The first-order chi connectivity index (χ1) is 7.47. The Bertz CT molecular complexity index is 395. The van der Waals surface area contributed by atoms with Crippen molar-refractivity contribution in [2.24, 2.45) is 5.92 Å². The van der Waals surface area contributed by atoms with Gasteiger partial charge in [0.05, 0.1) is 12.0 Å². The van der Waals surface area contributed by atoms with E-state index in [1.54, 1.807) is 6.92 Å². The van der Waals surface area contributed by atoms with Crippen LogP contribution in [0.25, 0.3) is 0 Å². The van der Waals surface area contributed by atoms with Gasteiger partial charge >= 0.3 is 5.97 Å². The molecule has 2 atom stereocenters. The van der Waals surface area contributed by atoms with E-state index >= 15 is 0 Å². The first-order valence-corrected chi connectivity index (χ1v) is 5.21. The highest BCUT2D eigenvalue weighted by atomic mass is 35.5. The van der Waals surface area contributed by atoms with Gasteiger partial charge in [-0.2, -0.15) is 0 Å². The Morgan fingerprint density at radius 2 is 2.19 bits per heavy atom. The van der Waals surface area contributed by atoms with Crippen LogP contribution in [0.15, 0.2) is 18.2 Å². The summed E-state index contributed by atoms with van der Waals surface area (Å²) < 4.78 is 13.4. The molecule has 0 radical (unpaired) electrons. The number of halogens is 2. The van der Waals surface area contributed by atoms with Gasteiger partial charge < -0.3 is 10.2 Å². The van der Waals surface area contributed by atoms with Gasteiger partial charge in [0.25, 0.3) is 0 Å². The molecule has 0 spiro atoms. The summed E-state index contributed by atoms with van der Waals surface area (Å²) >= 11 is 5.56.